The van der Waals surface area contributed by atoms with Crippen LogP contribution in [0.1, 0.15) is 17.5 Å². The molecule has 0 radical (unpaired) electrons. The molecular weight excluding hydrogens is 459 g/mol. The van der Waals surface area contributed by atoms with Gasteiger partial charge in [0.1, 0.15) is 28.7 Å². The van der Waals surface area contributed by atoms with Gasteiger partial charge in [0.15, 0.2) is 0 Å². The Morgan fingerprint density at radius 3 is 2.09 bits per heavy atom. The second-order valence-corrected chi connectivity index (χ2v) is 7.39. The number of hydrogen-bond acceptors (Lipinski definition) is 5. The summed E-state index contributed by atoms with van der Waals surface area (Å²) in [6.45, 7) is 1.27. The van der Waals surface area contributed by atoms with Gasteiger partial charge in [0.05, 0.1) is 26.4 Å². The Hall–Kier alpha value is -3.94. The topological polar surface area (TPSA) is 49.0 Å². The number of ether oxygens (including phenoxy) is 4. The third kappa shape index (κ3) is 8.10. The van der Waals surface area contributed by atoms with Crippen LogP contribution in [0.4, 0.5) is 13.2 Å². The molecule has 35 heavy (non-hydrogen) atoms. The van der Waals surface area contributed by atoms with Gasteiger partial charge in [-0.15, -0.1) is 24.1 Å². The van der Waals surface area contributed by atoms with E-state index in [9.17, 15) is 13.2 Å². The van der Waals surface area contributed by atoms with E-state index in [4.69, 9.17) is 18.9 Å². The third-order valence-electron chi connectivity index (χ3n) is 4.89. The van der Waals surface area contributed by atoms with Gasteiger partial charge >= 0.3 is 6.18 Å². The third-order valence-corrected chi connectivity index (χ3v) is 4.89. The summed E-state index contributed by atoms with van der Waals surface area (Å²) >= 11 is 0. The number of halogens is 3. The highest BCUT2D eigenvalue weighted by Crippen LogP contribution is 2.32. The zero-order valence-corrected chi connectivity index (χ0v) is 19.5. The molecule has 186 valence electrons. The van der Waals surface area contributed by atoms with E-state index in [0.717, 1.165) is 30.7 Å². The highest BCUT2D eigenvalue weighted by molar-refractivity contribution is 5.46. The second kappa shape index (κ2) is 12.5. The minimum absolute atomic E-state index is 0.328. The number of methoxy groups -OCH3 is 2. The molecule has 1 N–H and O–H groups in total. The first kappa shape index (κ1) is 25.7. The number of allylic oxidation sites excluding steroid dienone is 1. The first-order valence-corrected chi connectivity index (χ1v) is 10.9. The van der Waals surface area contributed by atoms with Crippen LogP contribution in [-0.4, -0.2) is 27.4 Å². The van der Waals surface area contributed by atoms with Crippen molar-refractivity contribution in [2.45, 2.75) is 12.6 Å². The van der Waals surface area contributed by atoms with Gasteiger partial charge in [0.2, 0.25) is 0 Å². The quantitative estimate of drug-likeness (QED) is 0.230. The van der Waals surface area contributed by atoms with Gasteiger partial charge in [0.25, 0.3) is 0 Å². The fourth-order valence-corrected chi connectivity index (χ4v) is 3.08. The lowest BCUT2D eigenvalue weighted by Gasteiger charge is -2.13. The van der Waals surface area contributed by atoms with Crippen LogP contribution in [0, 0.1) is 6.42 Å². The molecule has 3 aromatic carbocycles. The van der Waals surface area contributed by atoms with Crippen molar-refractivity contribution < 1.29 is 32.1 Å². The molecule has 5 nitrogen and oxygen atoms in total. The largest absolute Gasteiger partial charge is 0.503 e. The first-order valence-electron chi connectivity index (χ1n) is 10.9. The molecule has 0 aliphatic heterocycles. The lowest BCUT2D eigenvalue weighted by Crippen LogP contribution is -2.11. The average molecular weight is 487 g/mol. The fourth-order valence-electron chi connectivity index (χ4n) is 3.08. The van der Waals surface area contributed by atoms with E-state index in [2.05, 4.69) is 5.32 Å². The SMILES string of the molecule is COc1ccc([CH-]/C=C/NCCCOc2ccc(Oc3ccc(C(F)(F)F)cc3)cc2)cc1OC. The predicted octanol–water partition coefficient (Wildman–Crippen LogP) is 6.64. The van der Waals surface area contributed by atoms with Crippen molar-refractivity contribution >= 4 is 0 Å². The molecule has 8 heteroatoms. The maximum Gasteiger partial charge on any atom is 0.416 e. The van der Waals surface area contributed by atoms with Crippen molar-refractivity contribution in [3.8, 4) is 28.7 Å². The van der Waals surface area contributed by atoms with Crippen LogP contribution in [0.2, 0.25) is 0 Å². The Balaban J connectivity index is 1.33. The Bertz CT molecular complexity index is 1080. The van der Waals surface area contributed by atoms with Gasteiger partial charge in [-0.1, -0.05) is 18.3 Å². The van der Waals surface area contributed by atoms with Gasteiger partial charge in [-0.3, -0.25) is 0 Å². The van der Waals surface area contributed by atoms with Crippen molar-refractivity contribution in [3.05, 3.63) is 96.6 Å². The summed E-state index contributed by atoms with van der Waals surface area (Å²) < 4.78 is 59.7. The van der Waals surface area contributed by atoms with Crippen LogP contribution < -0.4 is 24.3 Å². The van der Waals surface area contributed by atoms with E-state index in [1.165, 1.54) is 12.1 Å². The summed E-state index contributed by atoms with van der Waals surface area (Å²) in [7, 11) is 3.21. The number of hydrogen-bond donors (Lipinski definition) is 1. The maximum absolute atomic E-state index is 12.6. The highest BCUT2D eigenvalue weighted by atomic mass is 19.4. The van der Waals surface area contributed by atoms with Crippen LogP contribution in [-0.2, 0) is 6.18 Å². The van der Waals surface area contributed by atoms with E-state index in [0.29, 0.717) is 35.4 Å². The average Bonchev–Trinajstić information content (AvgIpc) is 2.86. The fraction of sp³-hybridized carbons (Fsp3) is 0.222. The van der Waals surface area contributed by atoms with Gasteiger partial charge < -0.3 is 24.3 Å². The minimum atomic E-state index is -4.37. The molecule has 0 aliphatic carbocycles. The number of nitrogens with one attached hydrogen (secondary N) is 1. The van der Waals surface area contributed by atoms with Crippen molar-refractivity contribution in [3.63, 3.8) is 0 Å². The van der Waals surface area contributed by atoms with Crippen molar-refractivity contribution in [2.24, 2.45) is 0 Å². The standard InChI is InChI=1S/C27H27F3NO4/c1-32-25-15-6-20(19-26(25)33-2)5-3-16-31-17-4-18-34-22-11-13-24(14-12-22)35-23-9-7-21(8-10-23)27(28,29)30/h3,5-16,19,31H,4,17-18H2,1-2H3/q-1/b16-3+. The molecule has 3 aromatic rings. The van der Waals surface area contributed by atoms with Crippen LogP contribution in [0.3, 0.4) is 0 Å². The summed E-state index contributed by atoms with van der Waals surface area (Å²) in [6, 6.07) is 17.2. The number of benzene rings is 3. The number of rotatable bonds is 12. The van der Waals surface area contributed by atoms with Crippen molar-refractivity contribution in [2.75, 3.05) is 27.4 Å². The second-order valence-electron chi connectivity index (χ2n) is 7.39. The van der Waals surface area contributed by atoms with Crippen molar-refractivity contribution in [1.82, 2.24) is 5.32 Å². The summed E-state index contributed by atoms with van der Waals surface area (Å²) in [4.78, 5) is 0. The van der Waals surface area contributed by atoms with Gasteiger partial charge in [-0.05, 0) is 55.0 Å². The van der Waals surface area contributed by atoms with Gasteiger partial charge in [-0.25, -0.2) is 0 Å². The van der Waals surface area contributed by atoms with Crippen LogP contribution in [0.15, 0.2) is 79.0 Å². The molecule has 0 atom stereocenters. The molecule has 0 saturated carbocycles. The van der Waals surface area contributed by atoms with Crippen molar-refractivity contribution in [1.29, 1.82) is 0 Å². The zero-order chi connectivity index (χ0) is 25.1. The van der Waals surface area contributed by atoms with E-state index >= 15 is 0 Å². The molecule has 0 aliphatic rings. The molecular formula is C27H27F3NO4-. The summed E-state index contributed by atoms with van der Waals surface area (Å²) in [5, 5.41) is 3.20. The zero-order valence-electron chi connectivity index (χ0n) is 19.5. The van der Waals surface area contributed by atoms with Gasteiger partial charge in [-0.2, -0.15) is 13.2 Å². The van der Waals surface area contributed by atoms with E-state index in [1.807, 2.05) is 36.9 Å². The van der Waals surface area contributed by atoms with Crippen LogP contribution >= 0.6 is 0 Å². The molecule has 0 amide bonds. The predicted molar refractivity (Wildman–Crippen MR) is 128 cm³/mol. The molecule has 0 unspecified atom stereocenters. The van der Waals surface area contributed by atoms with E-state index in [-0.39, 0.29) is 0 Å². The molecule has 0 spiro atoms. The Kier molecular flexibility index (Phi) is 9.17. The maximum atomic E-state index is 12.6. The minimum Gasteiger partial charge on any atom is -0.503 e. The Morgan fingerprint density at radius 2 is 1.46 bits per heavy atom. The Morgan fingerprint density at radius 1 is 0.829 bits per heavy atom. The normalized spacial score (nSPS) is 11.2. The highest BCUT2D eigenvalue weighted by Gasteiger charge is 2.30. The van der Waals surface area contributed by atoms with Crippen LogP contribution in [0.5, 0.6) is 28.7 Å². The molecule has 0 aromatic heterocycles. The smallest absolute Gasteiger partial charge is 0.416 e. The summed E-state index contributed by atoms with van der Waals surface area (Å²) in [6.07, 6.45) is 2.17. The van der Waals surface area contributed by atoms with Gasteiger partial charge in [0, 0.05) is 6.54 Å². The molecule has 0 bridgehead atoms. The molecule has 3 rings (SSSR count). The Labute approximate surface area is 203 Å². The molecule has 0 fully saturated rings. The lowest BCUT2D eigenvalue weighted by atomic mass is 10.1. The monoisotopic (exact) mass is 486 g/mol. The van der Waals surface area contributed by atoms with Crippen LogP contribution in [0.25, 0.3) is 0 Å². The number of alkyl halides is 3. The first-order chi connectivity index (χ1) is 16.9. The summed E-state index contributed by atoms with van der Waals surface area (Å²) in [5.74, 6) is 2.89. The van der Waals surface area contributed by atoms with E-state index in [1.54, 1.807) is 38.5 Å². The van der Waals surface area contributed by atoms with E-state index < -0.39 is 11.7 Å². The molecule has 0 heterocycles. The summed E-state index contributed by atoms with van der Waals surface area (Å²) in [5.41, 5.74) is 0.282. The molecule has 0 saturated heterocycles. The lowest BCUT2D eigenvalue weighted by molar-refractivity contribution is -0.137.